The first-order chi connectivity index (χ1) is 6.33. The molecule has 0 saturated heterocycles. The van der Waals surface area contributed by atoms with Gasteiger partial charge < -0.3 is 4.79 Å². The van der Waals surface area contributed by atoms with Crippen molar-refractivity contribution in [3.63, 3.8) is 0 Å². The van der Waals surface area contributed by atoms with Gasteiger partial charge in [-0.05, 0) is 19.8 Å². The molecule has 0 unspecified atom stereocenters. The summed E-state index contributed by atoms with van der Waals surface area (Å²) >= 11 is 0. The number of rotatable bonds is 6. The second-order valence-corrected chi connectivity index (χ2v) is 3.14. The Balaban J connectivity index is 2.09. The third-order valence-electron chi connectivity index (χ3n) is 1.86. The average Bonchev–Trinajstić information content (AvgIpc) is 2.51. The molecule has 0 radical (unpaired) electrons. The molecular weight excluding hydrogens is 166 g/mol. The molecule has 0 fully saturated rings. The molecule has 0 amide bonds. The van der Waals surface area contributed by atoms with Crippen LogP contribution in [0.25, 0.3) is 0 Å². The van der Waals surface area contributed by atoms with E-state index in [-0.39, 0.29) is 0 Å². The Hall–Kier alpha value is -1.19. The fourth-order valence-electron chi connectivity index (χ4n) is 1.18. The quantitative estimate of drug-likeness (QED) is 0.491. The highest BCUT2D eigenvalue weighted by molar-refractivity contribution is 5.48. The maximum absolute atomic E-state index is 10.0. The zero-order valence-corrected chi connectivity index (χ0v) is 7.94. The molecule has 1 heterocycles. The predicted octanol–water partition coefficient (Wildman–Crippen LogP) is 1.35. The minimum atomic E-state index is 0.677. The second-order valence-electron chi connectivity index (χ2n) is 3.14. The summed E-state index contributed by atoms with van der Waals surface area (Å²) in [6.45, 7) is 2.83. The first-order valence-corrected chi connectivity index (χ1v) is 4.63. The minimum absolute atomic E-state index is 0.677. The van der Waals surface area contributed by atoms with Crippen molar-refractivity contribution in [2.45, 2.75) is 39.2 Å². The molecule has 0 aliphatic rings. The van der Waals surface area contributed by atoms with Crippen LogP contribution in [0.3, 0.4) is 0 Å². The zero-order valence-electron chi connectivity index (χ0n) is 7.94. The van der Waals surface area contributed by atoms with Crippen molar-refractivity contribution < 1.29 is 4.79 Å². The van der Waals surface area contributed by atoms with Crippen LogP contribution in [-0.2, 0) is 11.3 Å². The standard InChI is InChI=1S/C9H15N3O/c1-9-8-12(11-10-9)6-4-2-3-5-7-13/h7-8H,2-6H2,1H3. The molecule has 0 aromatic carbocycles. The summed E-state index contributed by atoms with van der Waals surface area (Å²) in [7, 11) is 0. The van der Waals surface area contributed by atoms with Crippen molar-refractivity contribution in [1.82, 2.24) is 15.0 Å². The first kappa shape index (κ1) is 9.89. The molecule has 0 bridgehead atoms. The molecule has 4 heteroatoms. The third-order valence-corrected chi connectivity index (χ3v) is 1.86. The topological polar surface area (TPSA) is 47.8 Å². The summed E-state index contributed by atoms with van der Waals surface area (Å²) in [4.78, 5) is 10.0. The Morgan fingerprint density at radius 2 is 2.31 bits per heavy atom. The van der Waals surface area contributed by atoms with Crippen molar-refractivity contribution in [2.75, 3.05) is 0 Å². The van der Waals surface area contributed by atoms with Gasteiger partial charge in [0.05, 0.1) is 5.69 Å². The Bertz CT molecular complexity index is 257. The molecule has 72 valence electrons. The summed E-state index contributed by atoms with van der Waals surface area (Å²) in [5, 5.41) is 7.82. The first-order valence-electron chi connectivity index (χ1n) is 4.63. The van der Waals surface area contributed by atoms with Crippen molar-refractivity contribution in [3.05, 3.63) is 11.9 Å². The van der Waals surface area contributed by atoms with Crippen LogP contribution >= 0.6 is 0 Å². The smallest absolute Gasteiger partial charge is 0.119 e. The van der Waals surface area contributed by atoms with Crippen LogP contribution in [0, 0.1) is 6.92 Å². The van der Waals surface area contributed by atoms with E-state index in [2.05, 4.69) is 10.3 Å². The van der Waals surface area contributed by atoms with Gasteiger partial charge in [0.2, 0.25) is 0 Å². The lowest BCUT2D eigenvalue weighted by atomic mass is 10.2. The van der Waals surface area contributed by atoms with Gasteiger partial charge in [-0.1, -0.05) is 11.6 Å². The van der Waals surface area contributed by atoms with Gasteiger partial charge in [-0.2, -0.15) is 0 Å². The molecule has 1 aromatic heterocycles. The summed E-state index contributed by atoms with van der Waals surface area (Å²) < 4.78 is 1.84. The van der Waals surface area contributed by atoms with E-state index < -0.39 is 0 Å². The Kier molecular flexibility index (Phi) is 4.15. The van der Waals surface area contributed by atoms with Crippen molar-refractivity contribution >= 4 is 6.29 Å². The molecule has 0 aliphatic heterocycles. The van der Waals surface area contributed by atoms with Crippen LogP contribution < -0.4 is 0 Å². The lowest BCUT2D eigenvalue weighted by Gasteiger charge is -1.98. The van der Waals surface area contributed by atoms with Gasteiger partial charge in [-0.3, -0.25) is 4.68 Å². The number of hydrogen-bond donors (Lipinski definition) is 0. The Morgan fingerprint density at radius 1 is 1.46 bits per heavy atom. The Labute approximate surface area is 77.9 Å². The monoisotopic (exact) mass is 181 g/mol. The molecule has 0 N–H and O–H groups in total. The van der Waals surface area contributed by atoms with Crippen molar-refractivity contribution in [3.8, 4) is 0 Å². The van der Waals surface area contributed by atoms with Gasteiger partial charge >= 0.3 is 0 Å². The van der Waals surface area contributed by atoms with Gasteiger partial charge in [-0.15, -0.1) is 5.10 Å². The van der Waals surface area contributed by atoms with Crippen molar-refractivity contribution in [2.24, 2.45) is 0 Å². The number of aromatic nitrogens is 3. The van der Waals surface area contributed by atoms with Crippen molar-refractivity contribution in [1.29, 1.82) is 0 Å². The maximum atomic E-state index is 10.0. The van der Waals surface area contributed by atoms with Crippen LogP contribution in [0.1, 0.15) is 31.4 Å². The SMILES string of the molecule is Cc1cn(CCCCCC=O)nn1. The van der Waals surface area contributed by atoms with E-state index >= 15 is 0 Å². The largest absolute Gasteiger partial charge is 0.303 e. The number of aryl methyl sites for hydroxylation is 2. The maximum Gasteiger partial charge on any atom is 0.119 e. The number of carbonyl (C=O) groups excluding carboxylic acids is 1. The van der Waals surface area contributed by atoms with E-state index in [9.17, 15) is 4.79 Å². The summed E-state index contributed by atoms with van der Waals surface area (Å²) in [6, 6.07) is 0. The number of aldehydes is 1. The van der Waals surface area contributed by atoms with Gasteiger partial charge in [0, 0.05) is 19.2 Å². The van der Waals surface area contributed by atoms with Crippen LogP contribution in [0.5, 0.6) is 0 Å². The molecule has 4 nitrogen and oxygen atoms in total. The highest BCUT2D eigenvalue weighted by Crippen LogP contribution is 2.00. The number of hydrogen-bond acceptors (Lipinski definition) is 3. The summed E-state index contributed by atoms with van der Waals surface area (Å²) in [5.41, 5.74) is 0.952. The zero-order chi connectivity index (χ0) is 9.52. The average molecular weight is 181 g/mol. The summed E-state index contributed by atoms with van der Waals surface area (Å²) in [5.74, 6) is 0. The van der Waals surface area contributed by atoms with Crippen LogP contribution in [0.15, 0.2) is 6.20 Å². The minimum Gasteiger partial charge on any atom is -0.303 e. The normalized spacial score (nSPS) is 10.2. The molecule has 0 spiro atoms. The molecule has 0 atom stereocenters. The fraction of sp³-hybridized carbons (Fsp3) is 0.667. The third kappa shape index (κ3) is 3.83. The highest BCUT2D eigenvalue weighted by atomic mass is 16.1. The van der Waals surface area contributed by atoms with E-state index in [4.69, 9.17) is 0 Å². The fourth-order valence-corrected chi connectivity index (χ4v) is 1.18. The van der Waals surface area contributed by atoms with Crippen LogP contribution in [-0.4, -0.2) is 21.3 Å². The van der Waals surface area contributed by atoms with Crippen LogP contribution in [0.4, 0.5) is 0 Å². The van der Waals surface area contributed by atoms with E-state index in [1.165, 1.54) is 0 Å². The van der Waals surface area contributed by atoms with Gasteiger partial charge in [0.25, 0.3) is 0 Å². The molecule has 13 heavy (non-hydrogen) atoms. The van der Waals surface area contributed by atoms with Gasteiger partial charge in [-0.25, -0.2) is 0 Å². The number of unbranched alkanes of at least 4 members (excludes halogenated alkanes) is 3. The lowest BCUT2D eigenvalue weighted by Crippen LogP contribution is -1.98. The van der Waals surface area contributed by atoms with E-state index in [0.29, 0.717) is 6.42 Å². The molecule has 1 aromatic rings. The second kappa shape index (κ2) is 5.45. The summed E-state index contributed by atoms with van der Waals surface area (Å²) in [6.07, 6.45) is 6.71. The highest BCUT2D eigenvalue weighted by Gasteiger charge is 1.94. The van der Waals surface area contributed by atoms with E-state index in [1.54, 1.807) is 0 Å². The molecule has 1 rings (SSSR count). The van der Waals surface area contributed by atoms with Crippen LogP contribution in [0.2, 0.25) is 0 Å². The lowest BCUT2D eigenvalue weighted by molar-refractivity contribution is -0.107. The van der Waals surface area contributed by atoms with Gasteiger partial charge in [0.1, 0.15) is 6.29 Å². The predicted molar refractivity (Wildman–Crippen MR) is 49.3 cm³/mol. The molecular formula is C9H15N3O. The van der Waals surface area contributed by atoms with Gasteiger partial charge in [0.15, 0.2) is 0 Å². The molecule has 0 aliphatic carbocycles. The number of carbonyl (C=O) groups is 1. The Morgan fingerprint density at radius 3 is 2.92 bits per heavy atom. The number of nitrogens with zero attached hydrogens (tertiary/aromatic N) is 3. The van der Waals surface area contributed by atoms with E-state index in [1.807, 2.05) is 17.8 Å². The van der Waals surface area contributed by atoms with E-state index in [0.717, 1.165) is 37.8 Å². The molecule has 0 saturated carbocycles.